The average Bonchev–Trinajstić information content (AvgIpc) is 2.88. The van der Waals surface area contributed by atoms with Crippen LogP contribution >= 0.6 is 0 Å². The van der Waals surface area contributed by atoms with Crippen LogP contribution in [-0.4, -0.2) is 6.54 Å². The lowest BCUT2D eigenvalue weighted by atomic mass is 9.86. The van der Waals surface area contributed by atoms with Gasteiger partial charge in [0.2, 0.25) is 0 Å². The quantitative estimate of drug-likeness (QED) is 0.728. The molecule has 0 saturated carbocycles. The van der Waals surface area contributed by atoms with E-state index < -0.39 is 0 Å². The van der Waals surface area contributed by atoms with Crippen molar-refractivity contribution in [3.05, 3.63) is 76.4 Å². The van der Waals surface area contributed by atoms with Gasteiger partial charge in [-0.1, -0.05) is 73.5 Å². The third kappa shape index (κ3) is 3.00. The lowest BCUT2D eigenvalue weighted by Crippen LogP contribution is -2.16. The Hall–Kier alpha value is -1.86. The van der Waals surface area contributed by atoms with Crippen molar-refractivity contribution in [1.82, 2.24) is 5.32 Å². The Kier molecular flexibility index (Phi) is 4.74. The summed E-state index contributed by atoms with van der Waals surface area (Å²) in [4.78, 5) is 0. The average molecular weight is 291 g/mol. The number of benzene rings is 2. The lowest BCUT2D eigenvalue weighted by molar-refractivity contribution is 0.637. The number of rotatable bonds is 6. The molecule has 1 unspecified atom stereocenters. The first-order valence-electron chi connectivity index (χ1n) is 8.37. The van der Waals surface area contributed by atoms with Crippen molar-refractivity contribution in [2.75, 3.05) is 6.54 Å². The summed E-state index contributed by atoms with van der Waals surface area (Å²) in [6.07, 6.45) is 4.82. The largest absolute Gasteiger partial charge is 0.313 e. The number of unbranched alkanes of at least 4 members (excludes halogenated alkanes) is 1. The molecule has 0 spiro atoms. The fraction of sp³-hybridized carbons (Fsp3) is 0.333. The fourth-order valence-electron chi connectivity index (χ4n) is 3.39. The molecule has 0 bridgehead atoms. The van der Waals surface area contributed by atoms with E-state index in [-0.39, 0.29) is 0 Å². The molecule has 1 aliphatic rings. The first-order chi connectivity index (χ1) is 10.8. The minimum Gasteiger partial charge on any atom is -0.313 e. The molecule has 1 nitrogen and oxygen atoms in total. The Balaban J connectivity index is 1.88. The van der Waals surface area contributed by atoms with Gasteiger partial charge in [0.15, 0.2) is 0 Å². The van der Waals surface area contributed by atoms with Crippen molar-refractivity contribution in [1.29, 1.82) is 0 Å². The Morgan fingerprint density at radius 1 is 0.955 bits per heavy atom. The number of nitrogens with one attached hydrogen (secondary N) is 1. The van der Waals surface area contributed by atoms with E-state index in [9.17, 15) is 0 Å². The maximum absolute atomic E-state index is 3.59. The molecule has 22 heavy (non-hydrogen) atoms. The molecule has 2 aromatic carbocycles. The van der Waals surface area contributed by atoms with Crippen LogP contribution in [0.15, 0.2) is 54.1 Å². The lowest BCUT2D eigenvalue weighted by Gasteiger charge is -2.19. The molecule has 0 fully saturated rings. The van der Waals surface area contributed by atoms with E-state index in [1.165, 1.54) is 40.7 Å². The summed E-state index contributed by atoms with van der Waals surface area (Å²) in [5, 5.41) is 3.59. The van der Waals surface area contributed by atoms with Crippen LogP contribution in [-0.2, 0) is 6.54 Å². The summed E-state index contributed by atoms with van der Waals surface area (Å²) in [5.74, 6) is 0.417. The summed E-state index contributed by atoms with van der Waals surface area (Å²) < 4.78 is 0. The maximum Gasteiger partial charge on any atom is 0.0308 e. The van der Waals surface area contributed by atoms with Gasteiger partial charge < -0.3 is 5.32 Å². The van der Waals surface area contributed by atoms with Gasteiger partial charge in [0.25, 0.3) is 0 Å². The Morgan fingerprint density at radius 2 is 1.68 bits per heavy atom. The van der Waals surface area contributed by atoms with Crippen LogP contribution in [0.2, 0.25) is 0 Å². The first kappa shape index (κ1) is 15.1. The van der Waals surface area contributed by atoms with Gasteiger partial charge in [0.1, 0.15) is 0 Å². The van der Waals surface area contributed by atoms with Crippen LogP contribution in [0.5, 0.6) is 0 Å². The molecule has 114 valence electrons. The van der Waals surface area contributed by atoms with Crippen LogP contribution in [0.3, 0.4) is 0 Å². The topological polar surface area (TPSA) is 12.0 Å². The monoisotopic (exact) mass is 291 g/mol. The van der Waals surface area contributed by atoms with Crippen molar-refractivity contribution < 1.29 is 0 Å². The van der Waals surface area contributed by atoms with Crippen molar-refractivity contribution >= 4 is 6.08 Å². The van der Waals surface area contributed by atoms with Crippen LogP contribution < -0.4 is 5.32 Å². The van der Waals surface area contributed by atoms with E-state index in [4.69, 9.17) is 0 Å². The van der Waals surface area contributed by atoms with Crippen LogP contribution in [0.25, 0.3) is 6.08 Å². The third-order valence-corrected chi connectivity index (χ3v) is 4.53. The summed E-state index contributed by atoms with van der Waals surface area (Å²) >= 11 is 0. The van der Waals surface area contributed by atoms with Crippen molar-refractivity contribution in [3.63, 3.8) is 0 Å². The molecule has 1 N–H and O–H groups in total. The van der Waals surface area contributed by atoms with Gasteiger partial charge >= 0.3 is 0 Å². The van der Waals surface area contributed by atoms with E-state index in [1.54, 1.807) is 0 Å². The zero-order chi connectivity index (χ0) is 15.4. The molecule has 3 rings (SSSR count). The molecule has 0 aliphatic heterocycles. The first-order valence-corrected chi connectivity index (χ1v) is 8.37. The van der Waals surface area contributed by atoms with E-state index in [1.807, 2.05) is 0 Å². The van der Waals surface area contributed by atoms with E-state index >= 15 is 0 Å². The smallest absolute Gasteiger partial charge is 0.0308 e. The van der Waals surface area contributed by atoms with Gasteiger partial charge in [-0.3, -0.25) is 0 Å². The van der Waals surface area contributed by atoms with E-state index in [2.05, 4.69) is 73.8 Å². The molecule has 0 aromatic heterocycles. The van der Waals surface area contributed by atoms with Gasteiger partial charge in [-0.2, -0.15) is 0 Å². The molecule has 1 atom stereocenters. The Bertz CT molecular complexity index is 669. The zero-order valence-corrected chi connectivity index (χ0v) is 13.6. The molecular weight excluding hydrogens is 266 g/mol. The number of fused-ring (bicyclic) bond motifs is 1. The minimum absolute atomic E-state index is 0.417. The van der Waals surface area contributed by atoms with Crippen LogP contribution in [0, 0.1) is 0 Å². The Labute approximate surface area is 134 Å². The van der Waals surface area contributed by atoms with Gasteiger partial charge in [0.05, 0.1) is 0 Å². The summed E-state index contributed by atoms with van der Waals surface area (Å²) in [6, 6.07) is 17.7. The minimum atomic E-state index is 0.417. The normalized spacial score (nSPS) is 16.5. The SMILES string of the molecule is CCCCNCc1ccccc1C1C(C)=Cc2ccccc21. The van der Waals surface area contributed by atoms with Crippen molar-refractivity contribution in [2.45, 2.75) is 39.2 Å². The predicted octanol–water partition coefficient (Wildman–Crippen LogP) is 5.13. The summed E-state index contributed by atoms with van der Waals surface area (Å²) in [6.45, 7) is 6.55. The maximum atomic E-state index is 3.59. The predicted molar refractivity (Wildman–Crippen MR) is 95.0 cm³/mol. The highest BCUT2D eigenvalue weighted by atomic mass is 14.8. The molecule has 1 aliphatic carbocycles. The molecule has 0 heterocycles. The van der Waals surface area contributed by atoms with Gasteiger partial charge in [0, 0.05) is 12.5 Å². The molecule has 2 aromatic rings. The van der Waals surface area contributed by atoms with E-state index in [0.717, 1.165) is 13.1 Å². The molecule has 0 saturated heterocycles. The standard InChI is InChI=1S/C21H25N/c1-3-4-13-22-15-18-10-6-8-12-20(18)21-16(2)14-17-9-5-7-11-19(17)21/h5-12,14,21-22H,3-4,13,15H2,1-2H3. The van der Waals surface area contributed by atoms with Crippen molar-refractivity contribution in [3.8, 4) is 0 Å². The van der Waals surface area contributed by atoms with Crippen molar-refractivity contribution in [2.24, 2.45) is 0 Å². The highest BCUT2D eigenvalue weighted by molar-refractivity contribution is 5.69. The van der Waals surface area contributed by atoms with Gasteiger partial charge in [-0.15, -0.1) is 0 Å². The summed E-state index contributed by atoms with van der Waals surface area (Å²) in [5.41, 5.74) is 7.14. The zero-order valence-electron chi connectivity index (χ0n) is 13.6. The number of hydrogen-bond donors (Lipinski definition) is 1. The molecular formula is C21H25N. The molecule has 0 amide bonds. The third-order valence-electron chi connectivity index (χ3n) is 4.53. The molecule has 1 heteroatoms. The van der Waals surface area contributed by atoms with E-state index in [0.29, 0.717) is 5.92 Å². The second-order valence-electron chi connectivity index (χ2n) is 6.18. The molecule has 0 radical (unpaired) electrons. The second-order valence-corrected chi connectivity index (χ2v) is 6.18. The number of hydrogen-bond acceptors (Lipinski definition) is 1. The van der Waals surface area contributed by atoms with Crippen LogP contribution in [0.1, 0.15) is 54.9 Å². The number of allylic oxidation sites excluding steroid dienone is 1. The Morgan fingerprint density at radius 3 is 2.50 bits per heavy atom. The van der Waals surface area contributed by atoms with Crippen LogP contribution in [0.4, 0.5) is 0 Å². The van der Waals surface area contributed by atoms with Gasteiger partial charge in [-0.05, 0) is 42.1 Å². The summed E-state index contributed by atoms with van der Waals surface area (Å²) in [7, 11) is 0. The highest BCUT2D eigenvalue weighted by Gasteiger charge is 2.25. The highest BCUT2D eigenvalue weighted by Crippen LogP contribution is 2.41. The fourth-order valence-corrected chi connectivity index (χ4v) is 3.39. The van der Waals surface area contributed by atoms with Gasteiger partial charge in [-0.25, -0.2) is 0 Å². The second kappa shape index (κ2) is 6.93.